The number of esters is 1. The van der Waals surface area contributed by atoms with Gasteiger partial charge in [-0.1, -0.05) is 59.3 Å². The molecule has 1 aliphatic heterocycles. The van der Waals surface area contributed by atoms with Crippen molar-refractivity contribution in [2.24, 2.45) is 4.99 Å². The van der Waals surface area contributed by atoms with Crippen LogP contribution in [0.3, 0.4) is 0 Å². The summed E-state index contributed by atoms with van der Waals surface area (Å²) in [6.45, 7) is 6.21. The van der Waals surface area contributed by atoms with Crippen molar-refractivity contribution < 1.29 is 28.9 Å². The maximum atomic E-state index is 12.9. The average Bonchev–Trinajstić information content (AvgIpc) is 3.23. The van der Waals surface area contributed by atoms with Crippen LogP contribution in [0.4, 0.5) is 0 Å². The van der Waals surface area contributed by atoms with Gasteiger partial charge < -0.3 is 19.3 Å². The van der Waals surface area contributed by atoms with Gasteiger partial charge in [0.25, 0.3) is 5.91 Å². The number of benzene rings is 3. The minimum atomic E-state index is -0.760. The van der Waals surface area contributed by atoms with Crippen LogP contribution in [-0.4, -0.2) is 35.2 Å². The van der Waals surface area contributed by atoms with E-state index in [0.29, 0.717) is 39.2 Å². The Labute approximate surface area is 261 Å². The van der Waals surface area contributed by atoms with Crippen LogP contribution in [0.2, 0.25) is 5.02 Å². The van der Waals surface area contributed by atoms with Crippen molar-refractivity contribution in [3.05, 3.63) is 108 Å². The van der Waals surface area contributed by atoms with Crippen LogP contribution in [0, 0.1) is 10.5 Å². The van der Waals surface area contributed by atoms with Gasteiger partial charge in [-0.05, 0) is 85.3 Å². The van der Waals surface area contributed by atoms with E-state index in [0.717, 1.165) is 26.5 Å². The van der Waals surface area contributed by atoms with Crippen molar-refractivity contribution in [3.8, 4) is 11.5 Å². The minimum absolute atomic E-state index is 0.0668. The maximum Gasteiger partial charge on any atom is 0.344 e. The number of aliphatic hydroxyl groups excluding tert-OH is 1. The summed E-state index contributed by atoms with van der Waals surface area (Å²) >= 11 is 9.46. The van der Waals surface area contributed by atoms with E-state index < -0.39 is 11.9 Å². The highest BCUT2D eigenvalue weighted by Gasteiger charge is 2.34. The van der Waals surface area contributed by atoms with E-state index >= 15 is 0 Å². The molecular weight excluding hydrogens is 677 g/mol. The summed E-state index contributed by atoms with van der Waals surface area (Å²) in [6.07, 6.45) is 1.70. The van der Waals surface area contributed by atoms with E-state index in [4.69, 9.17) is 25.8 Å². The summed E-state index contributed by atoms with van der Waals surface area (Å²) in [5, 5.41) is 11.7. The number of hydrogen-bond acceptors (Lipinski definition) is 7. The van der Waals surface area contributed by atoms with E-state index in [-0.39, 0.29) is 29.6 Å². The average molecular weight is 704 g/mol. The quantitative estimate of drug-likeness (QED) is 0.179. The van der Waals surface area contributed by atoms with Gasteiger partial charge in [-0.25, -0.2) is 9.79 Å². The Bertz CT molecular complexity index is 1570. The smallest absolute Gasteiger partial charge is 0.344 e. The third-order valence-corrected chi connectivity index (χ3v) is 8.02. The standard InChI is InChI=1S/C31H27ClINO6S/c1-4-38-24-15-19(14-23(33)28(24)40-17-21-8-6-7-9-22(21)32)16-25-27(35)26(31(37)39-5-2)30(41-25)34-29(36)20-12-10-18(3)11-13-20/h6-16,35H,4-5,17H2,1-3H3/b25-16-,34-30?. The lowest BCUT2D eigenvalue weighted by molar-refractivity contribution is -0.138. The minimum Gasteiger partial charge on any atom is -0.506 e. The van der Waals surface area contributed by atoms with Crippen molar-refractivity contribution in [3.63, 3.8) is 0 Å². The number of thioether (sulfide) groups is 1. The fraction of sp³-hybridized carbons (Fsp3) is 0.194. The third kappa shape index (κ3) is 7.52. The predicted octanol–water partition coefficient (Wildman–Crippen LogP) is 7.93. The number of amides is 1. The molecule has 10 heteroatoms. The molecular formula is C31H27ClINO6S. The lowest BCUT2D eigenvalue weighted by Gasteiger charge is -2.15. The molecule has 0 spiro atoms. The van der Waals surface area contributed by atoms with Crippen molar-refractivity contribution in [1.29, 1.82) is 0 Å². The van der Waals surface area contributed by atoms with Crippen molar-refractivity contribution in [2.75, 3.05) is 13.2 Å². The number of aliphatic hydroxyl groups is 1. The Kier molecular flexibility index (Phi) is 10.5. The second kappa shape index (κ2) is 14.1. The fourth-order valence-corrected chi connectivity index (χ4v) is 5.82. The Morgan fingerprint density at radius 1 is 1.05 bits per heavy atom. The predicted molar refractivity (Wildman–Crippen MR) is 171 cm³/mol. The zero-order chi connectivity index (χ0) is 29.5. The van der Waals surface area contributed by atoms with Crippen molar-refractivity contribution >= 4 is 68.9 Å². The summed E-state index contributed by atoms with van der Waals surface area (Å²) in [4.78, 5) is 30.1. The number of hydrogen-bond donors (Lipinski definition) is 1. The third-order valence-electron chi connectivity index (χ3n) is 5.83. The summed E-state index contributed by atoms with van der Waals surface area (Å²) in [6, 6.07) is 18.0. The Morgan fingerprint density at radius 2 is 1.78 bits per heavy atom. The molecule has 0 aliphatic carbocycles. The largest absolute Gasteiger partial charge is 0.506 e. The Hall–Kier alpha value is -3.28. The van der Waals surface area contributed by atoms with Crippen molar-refractivity contribution in [2.45, 2.75) is 27.4 Å². The Morgan fingerprint density at radius 3 is 2.46 bits per heavy atom. The molecule has 41 heavy (non-hydrogen) atoms. The highest BCUT2D eigenvalue weighted by Crippen LogP contribution is 2.41. The van der Waals surface area contributed by atoms with Gasteiger partial charge in [-0.2, -0.15) is 0 Å². The van der Waals surface area contributed by atoms with E-state index in [2.05, 4.69) is 27.6 Å². The van der Waals surface area contributed by atoms with Gasteiger partial charge in [0.1, 0.15) is 23.0 Å². The molecule has 1 heterocycles. The van der Waals surface area contributed by atoms with Crippen LogP contribution >= 0.6 is 46.0 Å². The second-order valence-electron chi connectivity index (χ2n) is 8.79. The number of rotatable bonds is 9. The number of carbonyl (C=O) groups is 2. The summed E-state index contributed by atoms with van der Waals surface area (Å²) in [7, 11) is 0. The molecule has 0 saturated heterocycles. The van der Waals surface area contributed by atoms with Crippen LogP contribution in [0.15, 0.2) is 81.9 Å². The highest BCUT2D eigenvalue weighted by atomic mass is 127. The first-order valence-electron chi connectivity index (χ1n) is 12.7. The molecule has 0 saturated carbocycles. The zero-order valence-corrected chi connectivity index (χ0v) is 26.3. The summed E-state index contributed by atoms with van der Waals surface area (Å²) in [5.41, 5.74) is 2.75. The molecule has 4 rings (SSSR count). The normalized spacial score (nSPS) is 15.0. The molecule has 0 bridgehead atoms. The monoisotopic (exact) mass is 703 g/mol. The number of aliphatic imine (C=N–C) groups is 1. The molecule has 0 radical (unpaired) electrons. The Balaban J connectivity index is 1.68. The molecule has 3 aromatic rings. The van der Waals surface area contributed by atoms with Gasteiger partial charge >= 0.3 is 5.97 Å². The van der Waals surface area contributed by atoms with Gasteiger partial charge in [0.05, 0.1) is 21.7 Å². The first-order valence-corrected chi connectivity index (χ1v) is 15.0. The lowest BCUT2D eigenvalue weighted by Crippen LogP contribution is -2.14. The van der Waals surface area contributed by atoms with Crippen LogP contribution in [0.25, 0.3) is 6.08 Å². The summed E-state index contributed by atoms with van der Waals surface area (Å²) < 4.78 is 17.9. The maximum absolute atomic E-state index is 12.9. The molecule has 0 unspecified atom stereocenters. The summed E-state index contributed by atoms with van der Waals surface area (Å²) in [5.74, 6) is -0.526. The fourth-order valence-electron chi connectivity index (χ4n) is 3.84. The molecule has 7 nitrogen and oxygen atoms in total. The molecule has 1 N–H and O–H groups in total. The first-order chi connectivity index (χ1) is 19.7. The number of nitrogens with zero attached hydrogens (tertiary/aromatic N) is 1. The molecule has 1 aliphatic rings. The van der Waals surface area contributed by atoms with Crippen LogP contribution in [0.1, 0.15) is 40.9 Å². The van der Waals surface area contributed by atoms with Crippen LogP contribution in [-0.2, 0) is 16.1 Å². The molecule has 212 valence electrons. The first kappa shape index (κ1) is 30.7. The molecule has 1 amide bonds. The lowest BCUT2D eigenvalue weighted by atomic mass is 10.1. The van der Waals surface area contributed by atoms with Crippen LogP contribution in [0.5, 0.6) is 11.5 Å². The van der Waals surface area contributed by atoms with E-state index in [1.165, 1.54) is 0 Å². The number of ether oxygens (including phenoxy) is 3. The molecule has 0 atom stereocenters. The molecule has 0 aromatic heterocycles. The van der Waals surface area contributed by atoms with E-state index in [1.807, 2.05) is 38.1 Å². The van der Waals surface area contributed by atoms with Crippen LogP contribution < -0.4 is 9.47 Å². The molecule has 0 fully saturated rings. The number of carbonyl (C=O) groups excluding carboxylic acids is 2. The zero-order valence-electron chi connectivity index (χ0n) is 22.6. The topological polar surface area (TPSA) is 94.4 Å². The SMILES string of the molecule is CCOC(=O)C1=C(O)/C(=C/c2cc(I)c(OCc3ccccc3Cl)c(OCC)c2)SC1=NC(=O)c1ccc(C)cc1. The highest BCUT2D eigenvalue weighted by molar-refractivity contribution is 14.1. The van der Waals surface area contributed by atoms with Gasteiger partial charge in [0.15, 0.2) is 11.5 Å². The van der Waals surface area contributed by atoms with Gasteiger partial charge in [-0.3, -0.25) is 4.79 Å². The number of aryl methyl sites for hydroxylation is 1. The van der Waals surface area contributed by atoms with Gasteiger partial charge in [0, 0.05) is 16.1 Å². The van der Waals surface area contributed by atoms with Crippen molar-refractivity contribution in [1.82, 2.24) is 0 Å². The second-order valence-corrected chi connectivity index (χ2v) is 11.4. The van der Waals surface area contributed by atoms with E-state index in [1.54, 1.807) is 49.4 Å². The van der Waals surface area contributed by atoms with Gasteiger partial charge in [0.2, 0.25) is 0 Å². The van der Waals surface area contributed by atoms with E-state index in [9.17, 15) is 14.7 Å². The van der Waals surface area contributed by atoms with Gasteiger partial charge in [-0.15, -0.1) is 0 Å². The molecule has 3 aromatic carbocycles. The number of halogens is 2.